The average molecular weight is 263 g/mol. The van der Waals surface area contributed by atoms with E-state index >= 15 is 0 Å². The van der Waals surface area contributed by atoms with Crippen LogP contribution in [0.1, 0.15) is 45.0 Å². The first-order chi connectivity index (χ1) is 8.84. The predicted molar refractivity (Wildman–Crippen MR) is 79.4 cm³/mol. The molecule has 19 heavy (non-hydrogen) atoms. The van der Waals surface area contributed by atoms with E-state index in [0.29, 0.717) is 18.0 Å². The summed E-state index contributed by atoms with van der Waals surface area (Å²) < 4.78 is 0. The van der Waals surface area contributed by atoms with Crippen LogP contribution in [0.15, 0.2) is 18.3 Å². The van der Waals surface area contributed by atoms with Gasteiger partial charge in [0, 0.05) is 19.3 Å². The zero-order valence-corrected chi connectivity index (χ0v) is 12.6. The largest absolute Gasteiger partial charge is 0.370 e. The number of pyridine rings is 1. The molecular formula is C15H25N3O. The minimum Gasteiger partial charge on any atom is -0.370 e. The topological polar surface area (TPSA) is 54.0 Å². The van der Waals surface area contributed by atoms with Crippen LogP contribution < -0.4 is 10.6 Å². The number of hydrogen-bond acceptors (Lipinski definition) is 3. The summed E-state index contributed by atoms with van der Waals surface area (Å²) in [5, 5.41) is 6.06. The van der Waals surface area contributed by atoms with Gasteiger partial charge in [0.05, 0.1) is 5.56 Å². The third-order valence-electron chi connectivity index (χ3n) is 3.43. The minimum absolute atomic E-state index is 0.0633. The molecule has 1 amide bonds. The van der Waals surface area contributed by atoms with Gasteiger partial charge in [-0.2, -0.15) is 0 Å². The van der Waals surface area contributed by atoms with Gasteiger partial charge >= 0.3 is 0 Å². The second kappa shape index (κ2) is 6.55. The van der Waals surface area contributed by atoms with E-state index in [1.165, 1.54) is 0 Å². The molecule has 1 atom stereocenters. The van der Waals surface area contributed by atoms with E-state index in [2.05, 4.69) is 43.3 Å². The number of rotatable bonds is 5. The lowest BCUT2D eigenvalue weighted by Crippen LogP contribution is -2.33. The first-order valence-corrected chi connectivity index (χ1v) is 6.82. The molecule has 0 aliphatic rings. The smallest absolute Gasteiger partial charge is 0.252 e. The molecule has 0 saturated carbocycles. The number of anilines is 1. The Balaban J connectivity index is 2.54. The Hall–Kier alpha value is -1.58. The number of aromatic nitrogens is 1. The van der Waals surface area contributed by atoms with Crippen molar-refractivity contribution in [3.05, 3.63) is 23.9 Å². The summed E-state index contributed by atoms with van der Waals surface area (Å²) in [6.07, 6.45) is 1.61. The molecular weight excluding hydrogens is 238 g/mol. The molecule has 0 aromatic carbocycles. The van der Waals surface area contributed by atoms with Gasteiger partial charge in [-0.05, 0) is 30.4 Å². The summed E-state index contributed by atoms with van der Waals surface area (Å²) in [5.41, 5.74) is 0.795. The van der Waals surface area contributed by atoms with Gasteiger partial charge in [0.25, 0.3) is 5.91 Å². The Labute approximate surface area is 116 Å². The lowest BCUT2D eigenvalue weighted by molar-refractivity contribution is 0.0936. The van der Waals surface area contributed by atoms with Crippen molar-refractivity contribution in [2.75, 3.05) is 18.4 Å². The Morgan fingerprint density at radius 3 is 2.53 bits per heavy atom. The highest BCUT2D eigenvalue weighted by Gasteiger charge is 2.20. The van der Waals surface area contributed by atoms with Crippen LogP contribution in [0, 0.1) is 11.3 Å². The highest BCUT2D eigenvalue weighted by Crippen LogP contribution is 2.24. The summed E-state index contributed by atoms with van der Waals surface area (Å²) in [6.45, 7) is 12.2. The fourth-order valence-electron chi connectivity index (χ4n) is 1.47. The van der Waals surface area contributed by atoms with Gasteiger partial charge in [-0.15, -0.1) is 0 Å². The van der Waals surface area contributed by atoms with Crippen LogP contribution in [-0.2, 0) is 0 Å². The fraction of sp³-hybridized carbons (Fsp3) is 0.600. The van der Waals surface area contributed by atoms with Crippen molar-refractivity contribution >= 4 is 11.7 Å². The van der Waals surface area contributed by atoms with Gasteiger partial charge in [0.15, 0.2) is 0 Å². The number of nitrogens with zero attached hydrogens (tertiary/aromatic N) is 1. The molecule has 0 aliphatic heterocycles. The van der Waals surface area contributed by atoms with Crippen LogP contribution in [0.3, 0.4) is 0 Å². The molecule has 1 aromatic heterocycles. The molecule has 0 fully saturated rings. The standard InChI is InChI=1S/C15H25N3O/c1-6-16-13-8-7-12(10-17-13)14(19)18-9-11(2)15(3,4)5/h7-8,10-11H,6,9H2,1-5H3,(H,16,17)(H,18,19). The molecule has 1 aromatic rings. The molecule has 2 N–H and O–H groups in total. The third-order valence-corrected chi connectivity index (χ3v) is 3.43. The summed E-state index contributed by atoms with van der Waals surface area (Å²) in [5.74, 6) is 1.15. The monoisotopic (exact) mass is 263 g/mol. The second-order valence-corrected chi connectivity index (χ2v) is 5.94. The van der Waals surface area contributed by atoms with Crippen molar-refractivity contribution in [2.45, 2.75) is 34.6 Å². The van der Waals surface area contributed by atoms with Crippen molar-refractivity contribution in [1.82, 2.24) is 10.3 Å². The van der Waals surface area contributed by atoms with Gasteiger partial charge in [0.1, 0.15) is 5.82 Å². The van der Waals surface area contributed by atoms with Crippen molar-refractivity contribution in [3.63, 3.8) is 0 Å². The quantitative estimate of drug-likeness (QED) is 0.858. The normalized spacial score (nSPS) is 12.9. The van der Waals surface area contributed by atoms with Crippen LogP contribution >= 0.6 is 0 Å². The number of hydrogen-bond donors (Lipinski definition) is 2. The van der Waals surface area contributed by atoms with E-state index in [-0.39, 0.29) is 11.3 Å². The maximum absolute atomic E-state index is 12.0. The summed E-state index contributed by atoms with van der Waals surface area (Å²) in [4.78, 5) is 16.2. The van der Waals surface area contributed by atoms with E-state index in [9.17, 15) is 4.79 Å². The van der Waals surface area contributed by atoms with Crippen molar-refractivity contribution in [3.8, 4) is 0 Å². The number of nitrogens with one attached hydrogen (secondary N) is 2. The maximum atomic E-state index is 12.0. The molecule has 0 saturated heterocycles. The highest BCUT2D eigenvalue weighted by atomic mass is 16.1. The third kappa shape index (κ3) is 4.89. The van der Waals surface area contributed by atoms with Crippen LogP contribution in [0.5, 0.6) is 0 Å². The van der Waals surface area contributed by atoms with Gasteiger partial charge in [0.2, 0.25) is 0 Å². The van der Waals surface area contributed by atoms with Crippen LogP contribution in [-0.4, -0.2) is 24.0 Å². The molecule has 4 nitrogen and oxygen atoms in total. The van der Waals surface area contributed by atoms with Crippen LogP contribution in [0.25, 0.3) is 0 Å². The average Bonchev–Trinajstić information content (AvgIpc) is 2.35. The Morgan fingerprint density at radius 1 is 1.37 bits per heavy atom. The first kappa shape index (κ1) is 15.5. The number of carbonyl (C=O) groups is 1. The van der Waals surface area contributed by atoms with Gasteiger partial charge in [-0.1, -0.05) is 27.7 Å². The molecule has 0 radical (unpaired) electrons. The summed E-state index contributed by atoms with van der Waals surface area (Å²) in [6, 6.07) is 3.62. The lowest BCUT2D eigenvalue weighted by atomic mass is 9.82. The molecule has 1 rings (SSSR count). The van der Waals surface area contributed by atoms with Crippen molar-refractivity contribution in [2.24, 2.45) is 11.3 Å². The Bertz CT molecular complexity index is 406. The van der Waals surface area contributed by atoms with Crippen LogP contribution in [0.4, 0.5) is 5.82 Å². The van der Waals surface area contributed by atoms with Gasteiger partial charge < -0.3 is 10.6 Å². The van der Waals surface area contributed by atoms with E-state index in [0.717, 1.165) is 12.4 Å². The number of amides is 1. The number of carbonyl (C=O) groups excluding carboxylic acids is 1. The zero-order valence-electron chi connectivity index (χ0n) is 12.6. The van der Waals surface area contributed by atoms with E-state index in [4.69, 9.17) is 0 Å². The Morgan fingerprint density at radius 2 is 2.05 bits per heavy atom. The molecule has 106 valence electrons. The fourth-order valence-corrected chi connectivity index (χ4v) is 1.47. The van der Waals surface area contributed by atoms with Crippen LogP contribution in [0.2, 0.25) is 0 Å². The van der Waals surface area contributed by atoms with Gasteiger partial charge in [-0.3, -0.25) is 4.79 Å². The lowest BCUT2D eigenvalue weighted by Gasteiger charge is -2.27. The SMILES string of the molecule is CCNc1ccc(C(=O)NCC(C)C(C)(C)C)cn1. The molecule has 0 bridgehead atoms. The van der Waals surface area contributed by atoms with E-state index in [1.54, 1.807) is 12.3 Å². The molecule has 0 aliphatic carbocycles. The summed E-state index contributed by atoms with van der Waals surface area (Å²) in [7, 11) is 0. The molecule has 0 spiro atoms. The Kier molecular flexibility index (Phi) is 5.33. The van der Waals surface area contributed by atoms with E-state index in [1.807, 2.05) is 13.0 Å². The van der Waals surface area contributed by atoms with Crippen molar-refractivity contribution < 1.29 is 4.79 Å². The maximum Gasteiger partial charge on any atom is 0.252 e. The van der Waals surface area contributed by atoms with Crippen molar-refractivity contribution in [1.29, 1.82) is 0 Å². The second-order valence-electron chi connectivity index (χ2n) is 5.94. The van der Waals surface area contributed by atoms with E-state index < -0.39 is 0 Å². The summed E-state index contributed by atoms with van der Waals surface area (Å²) >= 11 is 0. The predicted octanol–water partition coefficient (Wildman–Crippen LogP) is 2.93. The molecule has 1 heterocycles. The molecule has 4 heteroatoms. The van der Waals surface area contributed by atoms with Gasteiger partial charge in [-0.25, -0.2) is 4.98 Å². The highest BCUT2D eigenvalue weighted by molar-refractivity contribution is 5.94. The minimum atomic E-state index is -0.0633. The molecule has 1 unspecified atom stereocenters. The first-order valence-electron chi connectivity index (χ1n) is 6.82. The zero-order chi connectivity index (χ0) is 14.5.